The molecule has 5 rings (SSSR count). The Morgan fingerprint density at radius 3 is 2.61 bits per heavy atom. The molecule has 4 heteroatoms. The van der Waals surface area contributed by atoms with E-state index in [4.69, 9.17) is 0 Å². The minimum Gasteiger partial charge on any atom is -0.326 e. The summed E-state index contributed by atoms with van der Waals surface area (Å²) >= 11 is 4.00. The zero-order chi connectivity index (χ0) is 16.2. The van der Waals surface area contributed by atoms with Crippen molar-refractivity contribution in [1.82, 2.24) is 0 Å². The fourth-order valence-electron chi connectivity index (χ4n) is 5.85. The molecule has 1 aromatic carbocycles. The van der Waals surface area contributed by atoms with Gasteiger partial charge in [-0.2, -0.15) is 0 Å². The molecule has 0 radical (unpaired) electrons. The van der Waals surface area contributed by atoms with Gasteiger partial charge >= 0.3 is 0 Å². The Labute approximate surface area is 145 Å². The van der Waals surface area contributed by atoms with Crippen molar-refractivity contribution < 1.29 is 9.18 Å². The van der Waals surface area contributed by atoms with Crippen molar-refractivity contribution in [2.24, 2.45) is 17.3 Å². The van der Waals surface area contributed by atoms with Crippen LogP contribution >= 0.6 is 15.9 Å². The van der Waals surface area contributed by atoms with E-state index in [9.17, 15) is 9.18 Å². The van der Waals surface area contributed by atoms with Gasteiger partial charge in [0.05, 0.1) is 0 Å². The fourth-order valence-corrected chi connectivity index (χ4v) is 7.36. The molecule has 0 aliphatic heterocycles. The van der Waals surface area contributed by atoms with Gasteiger partial charge in [-0.15, -0.1) is 0 Å². The second kappa shape index (κ2) is 5.30. The Balaban J connectivity index is 1.48. The average molecular weight is 380 g/mol. The van der Waals surface area contributed by atoms with Gasteiger partial charge in [0.1, 0.15) is 5.82 Å². The van der Waals surface area contributed by atoms with Crippen LogP contribution in [0.3, 0.4) is 0 Å². The van der Waals surface area contributed by atoms with Crippen LogP contribution in [0.2, 0.25) is 0 Å². The fraction of sp³-hybridized carbons (Fsp3) is 0.632. The van der Waals surface area contributed by atoms with Crippen LogP contribution in [0.4, 0.5) is 10.1 Å². The van der Waals surface area contributed by atoms with Gasteiger partial charge in [-0.1, -0.05) is 15.9 Å². The van der Waals surface area contributed by atoms with Gasteiger partial charge in [-0.25, -0.2) is 4.39 Å². The van der Waals surface area contributed by atoms with Gasteiger partial charge in [0, 0.05) is 16.4 Å². The van der Waals surface area contributed by atoms with E-state index in [0.29, 0.717) is 6.42 Å². The first-order valence-electron chi connectivity index (χ1n) is 8.60. The van der Waals surface area contributed by atoms with Crippen molar-refractivity contribution in [2.75, 3.05) is 5.32 Å². The molecule has 0 saturated heterocycles. The molecule has 124 valence electrons. The second-order valence-electron chi connectivity index (χ2n) is 8.30. The molecule has 4 fully saturated rings. The van der Waals surface area contributed by atoms with E-state index in [1.807, 2.05) is 6.92 Å². The maximum absolute atomic E-state index is 13.2. The highest BCUT2D eigenvalue weighted by molar-refractivity contribution is 9.10. The molecule has 4 aliphatic rings. The predicted octanol–water partition coefficient (Wildman–Crippen LogP) is 5.20. The molecule has 2 nitrogen and oxygen atoms in total. The molecule has 4 atom stereocenters. The quantitative estimate of drug-likeness (QED) is 0.718. The number of rotatable bonds is 3. The summed E-state index contributed by atoms with van der Waals surface area (Å²) in [5.74, 6) is 1.40. The number of anilines is 1. The molecule has 1 aromatic rings. The largest absolute Gasteiger partial charge is 0.326 e. The van der Waals surface area contributed by atoms with Crippen LogP contribution in [0, 0.1) is 30.0 Å². The summed E-state index contributed by atoms with van der Waals surface area (Å²) in [4.78, 5) is 12.6. The van der Waals surface area contributed by atoms with Crippen LogP contribution in [-0.2, 0) is 4.79 Å². The molecule has 4 aliphatic carbocycles. The van der Waals surface area contributed by atoms with Gasteiger partial charge < -0.3 is 5.32 Å². The molecular weight excluding hydrogens is 357 g/mol. The number of benzene rings is 1. The summed E-state index contributed by atoms with van der Waals surface area (Å²) in [5.41, 5.74) is 1.68. The van der Waals surface area contributed by atoms with Gasteiger partial charge in [0.25, 0.3) is 0 Å². The van der Waals surface area contributed by atoms with Gasteiger partial charge in [-0.3, -0.25) is 4.79 Å². The highest BCUT2D eigenvalue weighted by atomic mass is 79.9. The lowest BCUT2D eigenvalue weighted by atomic mass is 9.48. The smallest absolute Gasteiger partial charge is 0.224 e. The SMILES string of the molecule is Cc1cc(F)ccc1NC(=O)CC12C[C@@H]3C[C@@H](CC(Br)(C3)C1)C2. The number of hydrogen-bond acceptors (Lipinski definition) is 1. The number of alkyl halides is 1. The number of halogens is 2. The first-order chi connectivity index (χ1) is 10.8. The maximum atomic E-state index is 13.2. The summed E-state index contributed by atoms with van der Waals surface area (Å²) in [6.45, 7) is 1.83. The Morgan fingerprint density at radius 1 is 1.30 bits per heavy atom. The zero-order valence-corrected chi connectivity index (χ0v) is 15.1. The molecule has 0 spiro atoms. The van der Waals surface area contributed by atoms with E-state index < -0.39 is 0 Å². The third kappa shape index (κ3) is 2.95. The first-order valence-corrected chi connectivity index (χ1v) is 9.39. The van der Waals surface area contributed by atoms with Crippen LogP contribution in [0.5, 0.6) is 0 Å². The lowest BCUT2D eigenvalue weighted by Gasteiger charge is -2.60. The van der Waals surface area contributed by atoms with E-state index in [1.165, 1.54) is 44.2 Å². The summed E-state index contributed by atoms with van der Waals surface area (Å²) in [6.07, 6.45) is 8.05. The minimum atomic E-state index is -0.261. The number of amides is 1. The predicted molar refractivity (Wildman–Crippen MR) is 93.2 cm³/mol. The highest BCUT2D eigenvalue weighted by Gasteiger charge is 2.57. The maximum Gasteiger partial charge on any atom is 0.224 e. The molecule has 4 saturated carbocycles. The van der Waals surface area contributed by atoms with E-state index in [2.05, 4.69) is 21.2 Å². The van der Waals surface area contributed by atoms with Crippen molar-refractivity contribution in [2.45, 2.75) is 56.2 Å². The van der Waals surface area contributed by atoms with Crippen molar-refractivity contribution >= 4 is 27.5 Å². The lowest BCUT2D eigenvalue weighted by Crippen LogP contribution is -2.53. The van der Waals surface area contributed by atoms with E-state index in [-0.39, 0.29) is 21.5 Å². The van der Waals surface area contributed by atoms with Gasteiger partial charge in [0.15, 0.2) is 0 Å². The lowest BCUT2D eigenvalue weighted by molar-refractivity contribution is -0.123. The standard InChI is InChI=1S/C19H23BrFNO/c1-12-4-15(21)2-3-16(12)22-17(23)10-18-6-13-5-14(7-18)9-19(20,8-13)11-18/h2-4,13-14H,5-11H2,1H3,(H,22,23)/t13-,14+,18?,19?. The minimum absolute atomic E-state index is 0.0813. The van der Waals surface area contributed by atoms with Crippen LogP contribution in [0.1, 0.15) is 50.5 Å². The third-order valence-electron chi connectivity index (χ3n) is 6.11. The van der Waals surface area contributed by atoms with Gasteiger partial charge in [0.2, 0.25) is 5.91 Å². The van der Waals surface area contributed by atoms with Crippen molar-refractivity contribution in [3.05, 3.63) is 29.6 Å². The van der Waals surface area contributed by atoms with Crippen molar-refractivity contribution in [1.29, 1.82) is 0 Å². The van der Waals surface area contributed by atoms with Gasteiger partial charge in [-0.05, 0) is 86.5 Å². The number of carbonyl (C=O) groups excluding carboxylic acids is 1. The van der Waals surface area contributed by atoms with E-state index >= 15 is 0 Å². The van der Waals surface area contributed by atoms with Crippen molar-refractivity contribution in [3.8, 4) is 0 Å². The first kappa shape index (κ1) is 15.6. The van der Waals surface area contributed by atoms with E-state index in [0.717, 1.165) is 29.5 Å². The van der Waals surface area contributed by atoms with Crippen molar-refractivity contribution in [3.63, 3.8) is 0 Å². The van der Waals surface area contributed by atoms with Crippen LogP contribution < -0.4 is 5.32 Å². The summed E-state index contributed by atoms with van der Waals surface area (Å²) in [5, 5.41) is 3.00. The zero-order valence-electron chi connectivity index (χ0n) is 13.5. The molecule has 23 heavy (non-hydrogen) atoms. The number of hydrogen-bond donors (Lipinski definition) is 1. The second-order valence-corrected chi connectivity index (χ2v) is 9.98. The van der Waals surface area contributed by atoms with Crippen LogP contribution in [-0.4, -0.2) is 10.2 Å². The molecule has 1 amide bonds. The number of nitrogens with one attached hydrogen (secondary N) is 1. The normalized spacial score (nSPS) is 37.9. The summed E-state index contributed by atoms with van der Waals surface area (Å²) in [7, 11) is 0. The van der Waals surface area contributed by atoms with Crippen LogP contribution in [0.25, 0.3) is 0 Å². The number of aryl methyl sites for hydroxylation is 1. The van der Waals surface area contributed by atoms with E-state index in [1.54, 1.807) is 6.07 Å². The number of carbonyl (C=O) groups is 1. The third-order valence-corrected chi connectivity index (χ3v) is 7.04. The molecule has 4 bridgehead atoms. The Hall–Kier alpha value is -0.900. The Kier molecular flexibility index (Phi) is 3.60. The molecular formula is C19H23BrFNO. The molecule has 0 aromatic heterocycles. The topological polar surface area (TPSA) is 29.1 Å². The highest BCUT2D eigenvalue weighted by Crippen LogP contribution is 2.65. The summed E-state index contributed by atoms with van der Waals surface area (Å²) in [6, 6.07) is 4.53. The Bertz CT molecular complexity index is 645. The molecule has 2 unspecified atom stereocenters. The molecule has 1 N–H and O–H groups in total. The average Bonchev–Trinajstić information content (AvgIpc) is 2.38. The van der Waals surface area contributed by atoms with Crippen LogP contribution in [0.15, 0.2) is 18.2 Å². The molecule has 0 heterocycles. The monoisotopic (exact) mass is 379 g/mol. The summed E-state index contributed by atoms with van der Waals surface area (Å²) < 4.78 is 13.5. The Morgan fingerprint density at radius 2 is 2.00 bits per heavy atom.